The number of methoxy groups -OCH3 is 1. The van der Waals surface area contributed by atoms with Crippen LogP contribution in [0.25, 0.3) is 0 Å². The van der Waals surface area contributed by atoms with Gasteiger partial charge < -0.3 is 15.4 Å². The fourth-order valence-electron chi connectivity index (χ4n) is 3.77. The zero-order valence-corrected chi connectivity index (χ0v) is 16.6. The molecule has 0 radical (unpaired) electrons. The molecule has 3 nitrogen and oxygen atoms in total. The van der Waals surface area contributed by atoms with Crippen molar-refractivity contribution >= 4 is 12.4 Å². The summed E-state index contributed by atoms with van der Waals surface area (Å²) >= 11 is 0. The van der Waals surface area contributed by atoms with E-state index in [0.29, 0.717) is 12.1 Å². The second-order valence-electron chi connectivity index (χ2n) is 6.87. The van der Waals surface area contributed by atoms with Gasteiger partial charge in [-0.2, -0.15) is 0 Å². The highest BCUT2D eigenvalue weighted by molar-refractivity contribution is 5.85. The van der Waals surface area contributed by atoms with E-state index in [9.17, 15) is 0 Å². The monoisotopic (exact) mass is 374 g/mol. The molecule has 2 N–H and O–H groups in total. The van der Waals surface area contributed by atoms with E-state index in [4.69, 9.17) is 4.74 Å². The van der Waals surface area contributed by atoms with Crippen molar-refractivity contribution in [2.75, 3.05) is 13.7 Å². The van der Waals surface area contributed by atoms with Crippen LogP contribution >= 0.6 is 12.4 Å². The van der Waals surface area contributed by atoms with Crippen LogP contribution in [0.3, 0.4) is 0 Å². The average molecular weight is 375 g/mol. The summed E-state index contributed by atoms with van der Waals surface area (Å²) in [4.78, 5) is 0. The Morgan fingerprint density at radius 2 is 1.96 bits per heavy atom. The molecular weight excluding hydrogens is 344 g/mol. The number of hydrogen-bond donors (Lipinski definition) is 2. The van der Waals surface area contributed by atoms with Gasteiger partial charge in [-0.25, -0.2) is 0 Å². The van der Waals surface area contributed by atoms with Crippen molar-refractivity contribution in [3.8, 4) is 5.75 Å². The maximum Gasteiger partial charge on any atom is 0.123 e. The predicted octanol–water partition coefficient (Wildman–Crippen LogP) is 4.65. The fraction of sp³-hybridized carbons (Fsp3) is 0.455. The first-order valence-corrected chi connectivity index (χ1v) is 9.49. The van der Waals surface area contributed by atoms with E-state index in [-0.39, 0.29) is 12.4 Å². The number of nitrogens with one attached hydrogen (secondary N) is 2. The second-order valence-corrected chi connectivity index (χ2v) is 6.87. The summed E-state index contributed by atoms with van der Waals surface area (Å²) in [6.45, 7) is 4.16. The minimum absolute atomic E-state index is 0. The predicted molar refractivity (Wildman–Crippen MR) is 111 cm³/mol. The topological polar surface area (TPSA) is 33.3 Å². The molecule has 0 spiro atoms. The summed E-state index contributed by atoms with van der Waals surface area (Å²) in [5, 5.41) is 7.48. The van der Waals surface area contributed by atoms with Crippen molar-refractivity contribution in [1.29, 1.82) is 0 Å². The van der Waals surface area contributed by atoms with Crippen molar-refractivity contribution in [2.24, 2.45) is 0 Å². The van der Waals surface area contributed by atoms with E-state index in [0.717, 1.165) is 25.3 Å². The molecule has 3 rings (SSSR count). The minimum Gasteiger partial charge on any atom is -0.496 e. The maximum absolute atomic E-state index is 5.57. The number of rotatable bonds is 7. The third kappa shape index (κ3) is 5.23. The zero-order chi connectivity index (χ0) is 17.5. The van der Waals surface area contributed by atoms with E-state index < -0.39 is 0 Å². The molecule has 0 amide bonds. The van der Waals surface area contributed by atoms with Gasteiger partial charge in [0.25, 0.3) is 0 Å². The summed E-state index contributed by atoms with van der Waals surface area (Å²) in [6.07, 6.45) is 4.70. The fourth-order valence-corrected chi connectivity index (χ4v) is 3.77. The number of hydrogen-bond acceptors (Lipinski definition) is 3. The van der Waals surface area contributed by atoms with Crippen LogP contribution in [0.15, 0.2) is 48.5 Å². The molecule has 0 saturated carbocycles. The van der Waals surface area contributed by atoms with Crippen LogP contribution in [0.4, 0.5) is 0 Å². The number of ether oxygens (including phenoxy) is 1. The quantitative estimate of drug-likeness (QED) is 0.739. The number of piperidine rings is 1. The number of benzene rings is 2. The normalized spacial score (nSPS) is 19.6. The molecule has 1 saturated heterocycles. The van der Waals surface area contributed by atoms with Gasteiger partial charge in [-0.15, -0.1) is 12.4 Å². The summed E-state index contributed by atoms with van der Waals surface area (Å²) in [5.41, 5.74) is 4.01. The zero-order valence-electron chi connectivity index (χ0n) is 15.8. The van der Waals surface area contributed by atoms with E-state index in [1.165, 1.54) is 36.0 Å². The van der Waals surface area contributed by atoms with Crippen molar-refractivity contribution in [1.82, 2.24) is 10.6 Å². The SMILES string of the molecule is CCCc1ccc(OC)c(CN[C@H]2CCCN[C@H]2c2ccccc2)c1.Cl. The number of halogens is 1. The number of aryl methyl sites for hydroxylation is 1. The van der Waals surface area contributed by atoms with Gasteiger partial charge in [0.1, 0.15) is 5.75 Å². The minimum atomic E-state index is 0. The van der Waals surface area contributed by atoms with Gasteiger partial charge in [-0.1, -0.05) is 55.8 Å². The van der Waals surface area contributed by atoms with Gasteiger partial charge in [0.15, 0.2) is 0 Å². The lowest BCUT2D eigenvalue weighted by Crippen LogP contribution is -2.45. The molecule has 142 valence electrons. The van der Waals surface area contributed by atoms with Gasteiger partial charge in [0.05, 0.1) is 7.11 Å². The standard InChI is InChI=1S/C22H30N2O.ClH/c1-3-8-17-12-13-21(25-2)19(15-17)16-24-20-11-7-14-23-22(20)18-9-5-4-6-10-18;/h4-6,9-10,12-13,15,20,22-24H,3,7-8,11,14,16H2,1-2H3;1H/t20-,22-;/m0./s1. The van der Waals surface area contributed by atoms with Crippen LogP contribution in [-0.4, -0.2) is 19.7 Å². The first-order valence-electron chi connectivity index (χ1n) is 9.49. The van der Waals surface area contributed by atoms with Crippen LogP contribution < -0.4 is 15.4 Å². The Kier molecular flexibility index (Phi) is 8.43. The molecule has 2 aromatic carbocycles. The van der Waals surface area contributed by atoms with Gasteiger partial charge >= 0.3 is 0 Å². The Hall–Kier alpha value is -1.55. The highest BCUT2D eigenvalue weighted by atomic mass is 35.5. The largest absolute Gasteiger partial charge is 0.496 e. The molecule has 1 aliphatic rings. The third-order valence-corrected chi connectivity index (χ3v) is 5.06. The van der Waals surface area contributed by atoms with Crippen LogP contribution in [0.1, 0.15) is 48.9 Å². The Labute approximate surface area is 163 Å². The molecule has 0 aromatic heterocycles. The molecule has 1 aliphatic heterocycles. The maximum atomic E-state index is 5.57. The first kappa shape index (κ1) is 20.8. The summed E-state index contributed by atoms with van der Waals surface area (Å²) < 4.78 is 5.57. The Balaban J connectivity index is 0.00000243. The van der Waals surface area contributed by atoms with Gasteiger partial charge in [-0.05, 0) is 43.0 Å². The molecule has 2 atom stereocenters. The average Bonchev–Trinajstić information content (AvgIpc) is 2.68. The van der Waals surface area contributed by atoms with Gasteiger partial charge in [0.2, 0.25) is 0 Å². The van der Waals surface area contributed by atoms with Gasteiger partial charge in [-0.3, -0.25) is 0 Å². The third-order valence-electron chi connectivity index (χ3n) is 5.06. The molecule has 2 aromatic rings. The van der Waals surface area contributed by atoms with Crippen LogP contribution in [0.2, 0.25) is 0 Å². The molecule has 1 heterocycles. The Morgan fingerprint density at radius 3 is 2.69 bits per heavy atom. The molecular formula is C22H31ClN2O. The Morgan fingerprint density at radius 1 is 1.15 bits per heavy atom. The van der Waals surface area contributed by atoms with Crippen molar-refractivity contribution < 1.29 is 4.74 Å². The van der Waals surface area contributed by atoms with Crippen molar-refractivity contribution in [3.63, 3.8) is 0 Å². The molecule has 1 fully saturated rings. The van der Waals surface area contributed by atoms with E-state index >= 15 is 0 Å². The lowest BCUT2D eigenvalue weighted by Gasteiger charge is -2.34. The molecule has 0 bridgehead atoms. The molecule has 26 heavy (non-hydrogen) atoms. The molecule has 4 heteroatoms. The van der Waals surface area contributed by atoms with Crippen molar-refractivity contribution in [2.45, 2.75) is 51.2 Å². The van der Waals surface area contributed by atoms with Crippen molar-refractivity contribution in [3.05, 3.63) is 65.2 Å². The Bertz CT molecular complexity index is 662. The first-order chi connectivity index (χ1) is 12.3. The second kappa shape index (κ2) is 10.6. The summed E-state index contributed by atoms with van der Waals surface area (Å²) in [6, 6.07) is 18.2. The lowest BCUT2D eigenvalue weighted by atomic mass is 9.92. The molecule has 0 aliphatic carbocycles. The van der Waals surface area contributed by atoms with E-state index in [1.54, 1.807) is 7.11 Å². The van der Waals surface area contributed by atoms with E-state index in [2.05, 4.69) is 66.1 Å². The smallest absolute Gasteiger partial charge is 0.123 e. The van der Waals surface area contributed by atoms with Gasteiger partial charge in [0, 0.05) is 24.2 Å². The summed E-state index contributed by atoms with van der Waals surface area (Å²) in [5.74, 6) is 0.979. The van der Waals surface area contributed by atoms with Crippen LogP contribution in [-0.2, 0) is 13.0 Å². The summed E-state index contributed by atoms with van der Waals surface area (Å²) in [7, 11) is 1.76. The highest BCUT2D eigenvalue weighted by Gasteiger charge is 2.25. The molecule has 0 unspecified atom stereocenters. The van der Waals surface area contributed by atoms with Crippen LogP contribution in [0, 0.1) is 0 Å². The van der Waals surface area contributed by atoms with Crippen LogP contribution in [0.5, 0.6) is 5.75 Å². The lowest BCUT2D eigenvalue weighted by molar-refractivity contribution is 0.303. The van der Waals surface area contributed by atoms with E-state index in [1.807, 2.05) is 0 Å². The highest BCUT2D eigenvalue weighted by Crippen LogP contribution is 2.25.